The molecule has 0 saturated heterocycles. The molecule has 1 rings (SSSR count). The first-order valence-electron chi connectivity index (χ1n) is 6.21. The molecule has 0 spiro atoms. The van der Waals surface area contributed by atoms with E-state index in [4.69, 9.17) is 10.5 Å². The van der Waals surface area contributed by atoms with Crippen molar-refractivity contribution in [2.75, 3.05) is 32.8 Å². The molecule has 0 aromatic rings. The molecule has 0 radical (unpaired) electrons. The van der Waals surface area contributed by atoms with Gasteiger partial charge in [-0.1, -0.05) is 6.92 Å². The molecule has 1 aliphatic carbocycles. The first-order chi connectivity index (χ1) is 7.19. The van der Waals surface area contributed by atoms with E-state index in [2.05, 4.69) is 18.7 Å². The highest BCUT2D eigenvalue weighted by molar-refractivity contribution is 4.99. The highest BCUT2D eigenvalue weighted by Gasteiger charge is 2.43. The van der Waals surface area contributed by atoms with Crippen LogP contribution in [0.5, 0.6) is 0 Å². The van der Waals surface area contributed by atoms with Crippen LogP contribution in [0.1, 0.15) is 33.6 Å². The minimum atomic E-state index is 0.200. The van der Waals surface area contributed by atoms with Crippen LogP contribution in [-0.2, 0) is 4.74 Å². The lowest BCUT2D eigenvalue weighted by molar-refractivity contribution is 0.0493. The summed E-state index contributed by atoms with van der Waals surface area (Å²) in [7, 11) is 0. The predicted molar refractivity (Wildman–Crippen MR) is 63.9 cm³/mol. The van der Waals surface area contributed by atoms with Crippen LogP contribution in [0.2, 0.25) is 0 Å². The molecule has 0 aromatic heterocycles. The second-order valence-corrected chi connectivity index (χ2v) is 4.61. The Bertz CT molecular complexity index is 182. The molecule has 1 fully saturated rings. The number of ether oxygens (including phenoxy) is 1. The maximum Gasteiger partial charge on any atom is 0.0593 e. The Hall–Kier alpha value is -0.120. The molecular formula is C12H26N2O. The fraction of sp³-hybridized carbons (Fsp3) is 1.00. The summed E-state index contributed by atoms with van der Waals surface area (Å²) in [4.78, 5) is 2.49. The van der Waals surface area contributed by atoms with Gasteiger partial charge in [0.05, 0.1) is 6.61 Å². The maximum absolute atomic E-state index is 5.95. The van der Waals surface area contributed by atoms with Gasteiger partial charge in [0.2, 0.25) is 0 Å². The van der Waals surface area contributed by atoms with E-state index >= 15 is 0 Å². The van der Waals surface area contributed by atoms with Gasteiger partial charge in [0.1, 0.15) is 0 Å². The number of nitrogens with zero attached hydrogens (tertiary/aromatic N) is 1. The van der Waals surface area contributed by atoms with E-state index in [-0.39, 0.29) is 5.54 Å². The van der Waals surface area contributed by atoms with Gasteiger partial charge in [0.25, 0.3) is 0 Å². The lowest BCUT2D eigenvalue weighted by Gasteiger charge is -2.40. The van der Waals surface area contributed by atoms with Gasteiger partial charge in [-0.2, -0.15) is 0 Å². The Morgan fingerprint density at radius 3 is 2.47 bits per heavy atom. The van der Waals surface area contributed by atoms with Crippen LogP contribution >= 0.6 is 0 Å². The molecule has 15 heavy (non-hydrogen) atoms. The maximum atomic E-state index is 5.95. The van der Waals surface area contributed by atoms with Gasteiger partial charge in [0.15, 0.2) is 0 Å². The monoisotopic (exact) mass is 214 g/mol. The van der Waals surface area contributed by atoms with Crippen molar-refractivity contribution in [3.8, 4) is 0 Å². The molecule has 3 nitrogen and oxygen atoms in total. The van der Waals surface area contributed by atoms with E-state index in [1.165, 1.54) is 12.8 Å². The number of likely N-dealkylation sites (N-methyl/N-ethyl adjacent to an activating group) is 1. The van der Waals surface area contributed by atoms with Gasteiger partial charge in [-0.05, 0) is 39.2 Å². The van der Waals surface area contributed by atoms with E-state index in [0.29, 0.717) is 0 Å². The lowest BCUT2D eigenvalue weighted by Crippen LogP contribution is -2.54. The Labute approximate surface area is 94.0 Å². The standard InChI is InChI=1S/C12H26N2O/c1-4-14(8-9-15-5-2)12(3,10-13)11-6-7-11/h11H,4-10,13H2,1-3H3. The molecule has 90 valence electrons. The van der Waals surface area contributed by atoms with Crippen molar-refractivity contribution in [1.29, 1.82) is 0 Å². The summed E-state index contributed by atoms with van der Waals surface area (Å²) in [6.45, 7) is 11.0. The Morgan fingerprint density at radius 2 is 2.07 bits per heavy atom. The van der Waals surface area contributed by atoms with Crippen LogP contribution in [0.25, 0.3) is 0 Å². The van der Waals surface area contributed by atoms with Gasteiger partial charge in [-0.25, -0.2) is 0 Å². The number of hydrogen-bond acceptors (Lipinski definition) is 3. The SMILES string of the molecule is CCOCCN(CC)C(C)(CN)C1CC1. The fourth-order valence-electron chi connectivity index (χ4n) is 2.35. The fourth-order valence-corrected chi connectivity index (χ4v) is 2.35. The summed E-state index contributed by atoms with van der Waals surface area (Å²) in [5.74, 6) is 0.809. The molecule has 0 heterocycles. The second-order valence-electron chi connectivity index (χ2n) is 4.61. The third-order valence-electron chi connectivity index (χ3n) is 3.68. The van der Waals surface area contributed by atoms with E-state index in [0.717, 1.165) is 38.8 Å². The number of nitrogens with two attached hydrogens (primary N) is 1. The van der Waals surface area contributed by atoms with Crippen molar-refractivity contribution in [3.05, 3.63) is 0 Å². The van der Waals surface area contributed by atoms with Crippen LogP contribution in [0.15, 0.2) is 0 Å². The first-order valence-corrected chi connectivity index (χ1v) is 6.21. The minimum absolute atomic E-state index is 0.200. The molecule has 1 unspecified atom stereocenters. The zero-order valence-corrected chi connectivity index (χ0v) is 10.5. The van der Waals surface area contributed by atoms with E-state index in [1.807, 2.05) is 6.92 Å². The van der Waals surface area contributed by atoms with Gasteiger partial charge < -0.3 is 10.5 Å². The van der Waals surface area contributed by atoms with Crippen LogP contribution in [0.3, 0.4) is 0 Å². The molecule has 1 aliphatic rings. The van der Waals surface area contributed by atoms with Crippen molar-refractivity contribution >= 4 is 0 Å². The van der Waals surface area contributed by atoms with Gasteiger partial charge in [0, 0.05) is 25.2 Å². The third-order valence-corrected chi connectivity index (χ3v) is 3.68. The molecule has 1 saturated carbocycles. The van der Waals surface area contributed by atoms with Crippen molar-refractivity contribution in [1.82, 2.24) is 4.90 Å². The molecule has 3 heteroatoms. The quantitative estimate of drug-likeness (QED) is 0.622. The van der Waals surface area contributed by atoms with Crippen LogP contribution in [0.4, 0.5) is 0 Å². The molecule has 1 atom stereocenters. The lowest BCUT2D eigenvalue weighted by atomic mass is 9.93. The van der Waals surface area contributed by atoms with Gasteiger partial charge >= 0.3 is 0 Å². The van der Waals surface area contributed by atoms with Crippen LogP contribution in [-0.4, -0.2) is 43.3 Å². The number of rotatable bonds is 8. The molecule has 0 aromatic carbocycles. The highest BCUT2D eigenvalue weighted by Crippen LogP contribution is 2.42. The summed E-state index contributed by atoms with van der Waals surface area (Å²) in [6, 6.07) is 0. The zero-order valence-electron chi connectivity index (χ0n) is 10.5. The predicted octanol–water partition coefficient (Wildman–Crippen LogP) is 1.47. The summed E-state index contributed by atoms with van der Waals surface area (Å²) in [5, 5.41) is 0. The van der Waals surface area contributed by atoms with Crippen molar-refractivity contribution in [2.45, 2.75) is 39.2 Å². The third kappa shape index (κ3) is 3.16. The molecule has 2 N–H and O–H groups in total. The smallest absolute Gasteiger partial charge is 0.0593 e. The average molecular weight is 214 g/mol. The average Bonchev–Trinajstić information content (AvgIpc) is 3.07. The zero-order chi connectivity index (χ0) is 11.3. The van der Waals surface area contributed by atoms with Crippen molar-refractivity contribution < 1.29 is 4.74 Å². The molecule has 0 bridgehead atoms. The van der Waals surface area contributed by atoms with Crippen molar-refractivity contribution in [3.63, 3.8) is 0 Å². The summed E-state index contributed by atoms with van der Waals surface area (Å²) < 4.78 is 5.42. The molecule has 0 amide bonds. The van der Waals surface area contributed by atoms with E-state index in [9.17, 15) is 0 Å². The normalized spacial score (nSPS) is 20.6. The summed E-state index contributed by atoms with van der Waals surface area (Å²) in [6.07, 6.45) is 2.69. The first kappa shape index (κ1) is 12.9. The molecule has 0 aliphatic heterocycles. The van der Waals surface area contributed by atoms with Crippen molar-refractivity contribution in [2.24, 2.45) is 11.7 Å². The molecular weight excluding hydrogens is 188 g/mol. The highest BCUT2D eigenvalue weighted by atomic mass is 16.5. The largest absolute Gasteiger partial charge is 0.380 e. The number of hydrogen-bond donors (Lipinski definition) is 1. The van der Waals surface area contributed by atoms with Gasteiger partial charge in [-0.3, -0.25) is 4.90 Å². The van der Waals surface area contributed by atoms with Crippen LogP contribution < -0.4 is 5.73 Å². The Kier molecular flexibility index (Phi) is 5.03. The second kappa shape index (κ2) is 5.83. The Morgan fingerprint density at radius 1 is 1.40 bits per heavy atom. The van der Waals surface area contributed by atoms with Gasteiger partial charge in [-0.15, -0.1) is 0 Å². The topological polar surface area (TPSA) is 38.5 Å². The Balaban J connectivity index is 2.46. The minimum Gasteiger partial charge on any atom is -0.380 e. The van der Waals surface area contributed by atoms with E-state index in [1.54, 1.807) is 0 Å². The summed E-state index contributed by atoms with van der Waals surface area (Å²) >= 11 is 0. The van der Waals surface area contributed by atoms with Crippen LogP contribution in [0, 0.1) is 5.92 Å². The van der Waals surface area contributed by atoms with E-state index < -0.39 is 0 Å². The summed E-state index contributed by atoms with van der Waals surface area (Å²) in [5.41, 5.74) is 6.15.